The highest BCUT2D eigenvalue weighted by Crippen LogP contribution is 2.27. The number of benzene rings is 2. The van der Waals surface area contributed by atoms with Crippen LogP contribution in [0, 0.1) is 11.6 Å². The lowest BCUT2D eigenvalue weighted by atomic mass is 10.2. The smallest absolute Gasteiger partial charge is 0.145 e. The van der Waals surface area contributed by atoms with E-state index in [1.54, 1.807) is 18.2 Å². The summed E-state index contributed by atoms with van der Waals surface area (Å²) in [6, 6.07) is 8.66. The van der Waals surface area contributed by atoms with Crippen LogP contribution in [0.4, 0.5) is 14.5 Å². The zero-order valence-electron chi connectivity index (χ0n) is 10.9. The molecule has 2 nitrogen and oxygen atoms in total. The number of halogens is 3. The van der Waals surface area contributed by atoms with Gasteiger partial charge in [0, 0.05) is 23.2 Å². The molecule has 1 N–H and O–H groups in total. The molecule has 5 heteroatoms. The Hall–Kier alpha value is -1.81. The Morgan fingerprint density at radius 2 is 2.00 bits per heavy atom. The van der Waals surface area contributed by atoms with Gasteiger partial charge in [-0.15, -0.1) is 0 Å². The third kappa shape index (κ3) is 3.39. The third-order valence-electron chi connectivity index (χ3n) is 2.76. The molecule has 0 aliphatic heterocycles. The fourth-order valence-electron chi connectivity index (χ4n) is 1.80. The Kier molecular flexibility index (Phi) is 4.79. The summed E-state index contributed by atoms with van der Waals surface area (Å²) < 4.78 is 32.2. The van der Waals surface area contributed by atoms with E-state index in [9.17, 15) is 8.78 Å². The molecule has 2 rings (SSSR count). The average molecular weight is 298 g/mol. The largest absolute Gasteiger partial charge is 0.492 e. The molecular weight excluding hydrogens is 284 g/mol. The maximum Gasteiger partial charge on any atom is 0.145 e. The first-order chi connectivity index (χ1) is 9.61. The summed E-state index contributed by atoms with van der Waals surface area (Å²) in [7, 11) is 0. The van der Waals surface area contributed by atoms with E-state index in [1.807, 2.05) is 6.92 Å². The van der Waals surface area contributed by atoms with Crippen molar-refractivity contribution in [3.8, 4) is 5.75 Å². The molecule has 0 unspecified atom stereocenters. The standard InChI is InChI=1S/C15H14ClF2NO/c1-2-20-15-8-10(17)6-7-14(15)19-9-11-12(16)4-3-5-13(11)18/h3-8,19H,2,9H2,1H3. The number of hydrogen-bond acceptors (Lipinski definition) is 2. The van der Waals surface area contributed by atoms with Crippen molar-refractivity contribution in [1.29, 1.82) is 0 Å². The summed E-state index contributed by atoms with van der Waals surface area (Å²) >= 11 is 5.95. The van der Waals surface area contributed by atoms with Crippen molar-refractivity contribution in [1.82, 2.24) is 0 Å². The van der Waals surface area contributed by atoms with Crippen molar-refractivity contribution in [3.63, 3.8) is 0 Å². The molecular formula is C15H14ClF2NO. The van der Waals surface area contributed by atoms with Crippen LogP contribution in [0.1, 0.15) is 12.5 Å². The van der Waals surface area contributed by atoms with Gasteiger partial charge in [0.05, 0.1) is 12.3 Å². The summed E-state index contributed by atoms with van der Waals surface area (Å²) in [5.41, 5.74) is 0.952. The fraction of sp³-hybridized carbons (Fsp3) is 0.200. The van der Waals surface area contributed by atoms with Crippen molar-refractivity contribution in [2.75, 3.05) is 11.9 Å². The Labute approximate surface area is 121 Å². The molecule has 0 aromatic heterocycles. The Balaban J connectivity index is 2.18. The molecule has 0 aliphatic rings. The molecule has 2 aromatic rings. The average Bonchev–Trinajstić information content (AvgIpc) is 2.40. The molecule has 0 saturated carbocycles. The van der Waals surface area contributed by atoms with E-state index >= 15 is 0 Å². The van der Waals surface area contributed by atoms with E-state index in [0.717, 1.165) is 0 Å². The summed E-state index contributed by atoms with van der Waals surface area (Å²) in [5.74, 6) is -0.382. The maximum absolute atomic E-state index is 13.7. The van der Waals surface area contributed by atoms with Gasteiger partial charge < -0.3 is 10.1 Å². The van der Waals surface area contributed by atoms with Gasteiger partial charge >= 0.3 is 0 Å². The van der Waals surface area contributed by atoms with Crippen molar-refractivity contribution in [3.05, 3.63) is 58.6 Å². The molecule has 0 amide bonds. The van der Waals surface area contributed by atoms with Crippen LogP contribution in [0.25, 0.3) is 0 Å². The first-order valence-electron chi connectivity index (χ1n) is 6.21. The van der Waals surface area contributed by atoms with E-state index in [1.165, 1.54) is 18.2 Å². The number of rotatable bonds is 5. The molecule has 0 aliphatic carbocycles. The molecule has 0 fully saturated rings. The Morgan fingerprint density at radius 1 is 1.20 bits per heavy atom. The van der Waals surface area contributed by atoms with Crippen LogP contribution in [0.5, 0.6) is 5.75 Å². The van der Waals surface area contributed by atoms with Crippen molar-refractivity contribution >= 4 is 17.3 Å². The van der Waals surface area contributed by atoms with E-state index in [4.69, 9.17) is 16.3 Å². The molecule has 0 saturated heterocycles. The van der Waals surface area contributed by atoms with Gasteiger partial charge in [-0.2, -0.15) is 0 Å². The Morgan fingerprint density at radius 3 is 2.70 bits per heavy atom. The first kappa shape index (κ1) is 14.6. The van der Waals surface area contributed by atoms with Gasteiger partial charge in [-0.1, -0.05) is 17.7 Å². The molecule has 0 spiro atoms. The van der Waals surface area contributed by atoms with Crippen LogP contribution in [0.3, 0.4) is 0 Å². The van der Waals surface area contributed by atoms with Crippen LogP contribution < -0.4 is 10.1 Å². The van der Waals surface area contributed by atoms with Gasteiger partial charge in [-0.05, 0) is 31.2 Å². The highest BCUT2D eigenvalue weighted by atomic mass is 35.5. The minimum atomic E-state index is -0.386. The zero-order chi connectivity index (χ0) is 14.5. The monoisotopic (exact) mass is 297 g/mol. The van der Waals surface area contributed by atoms with E-state index < -0.39 is 0 Å². The summed E-state index contributed by atoms with van der Waals surface area (Å²) in [5, 5.41) is 3.35. The molecule has 20 heavy (non-hydrogen) atoms. The quantitative estimate of drug-likeness (QED) is 0.869. The molecule has 0 bridgehead atoms. The van der Waals surface area contributed by atoms with E-state index in [2.05, 4.69) is 5.32 Å². The van der Waals surface area contributed by atoms with Crippen molar-refractivity contribution in [2.45, 2.75) is 13.5 Å². The topological polar surface area (TPSA) is 21.3 Å². The predicted octanol–water partition coefficient (Wildman–Crippen LogP) is 4.63. The normalized spacial score (nSPS) is 10.4. The van der Waals surface area contributed by atoms with E-state index in [0.29, 0.717) is 28.6 Å². The fourth-order valence-corrected chi connectivity index (χ4v) is 2.03. The lowest BCUT2D eigenvalue weighted by molar-refractivity contribution is 0.339. The second-order valence-electron chi connectivity index (χ2n) is 4.13. The van der Waals surface area contributed by atoms with Gasteiger partial charge in [-0.25, -0.2) is 8.78 Å². The van der Waals surface area contributed by atoms with Crippen LogP contribution in [-0.4, -0.2) is 6.61 Å². The minimum Gasteiger partial charge on any atom is -0.492 e. The van der Waals surface area contributed by atoms with Gasteiger partial charge in [0.2, 0.25) is 0 Å². The first-order valence-corrected chi connectivity index (χ1v) is 6.58. The summed E-state index contributed by atoms with van der Waals surface area (Å²) in [4.78, 5) is 0. The number of nitrogens with one attached hydrogen (secondary N) is 1. The lowest BCUT2D eigenvalue weighted by Gasteiger charge is -2.13. The van der Waals surface area contributed by atoms with Crippen LogP contribution in [0.15, 0.2) is 36.4 Å². The predicted molar refractivity (Wildman–Crippen MR) is 76.3 cm³/mol. The van der Waals surface area contributed by atoms with E-state index in [-0.39, 0.29) is 18.2 Å². The zero-order valence-corrected chi connectivity index (χ0v) is 11.7. The SMILES string of the molecule is CCOc1cc(F)ccc1NCc1c(F)cccc1Cl. The Bertz CT molecular complexity index is 584. The second kappa shape index (κ2) is 6.57. The van der Waals surface area contributed by atoms with Crippen molar-refractivity contribution < 1.29 is 13.5 Å². The van der Waals surface area contributed by atoms with Crippen LogP contribution in [0.2, 0.25) is 5.02 Å². The van der Waals surface area contributed by atoms with Crippen LogP contribution in [-0.2, 0) is 6.54 Å². The van der Waals surface area contributed by atoms with Gasteiger partial charge in [-0.3, -0.25) is 0 Å². The van der Waals surface area contributed by atoms with Gasteiger partial charge in [0.15, 0.2) is 0 Å². The molecule has 106 valence electrons. The van der Waals surface area contributed by atoms with Crippen molar-refractivity contribution in [2.24, 2.45) is 0 Å². The summed E-state index contributed by atoms with van der Waals surface area (Å²) in [6.45, 7) is 2.41. The van der Waals surface area contributed by atoms with Gasteiger partial charge in [0.25, 0.3) is 0 Å². The van der Waals surface area contributed by atoms with Crippen LogP contribution >= 0.6 is 11.6 Å². The highest BCUT2D eigenvalue weighted by molar-refractivity contribution is 6.31. The minimum absolute atomic E-state index is 0.192. The lowest BCUT2D eigenvalue weighted by Crippen LogP contribution is -2.05. The molecule has 2 aromatic carbocycles. The highest BCUT2D eigenvalue weighted by Gasteiger charge is 2.09. The number of hydrogen-bond donors (Lipinski definition) is 1. The molecule has 0 heterocycles. The van der Waals surface area contributed by atoms with Gasteiger partial charge in [0.1, 0.15) is 17.4 Å². The number of ether oxygens (including phenoxy) is 1. The second-order valence-corrected chi connectivity index (χ2v) is 4.53. The molecule has 0 radical (unpaired) electrons. The number of anilines is 1. The molecule has 0 atom stereocenters. The maximum atomic E-state index is 13.7. The third-order valence-corrected chi connectivity index (χ3v) is 3.11. The summed E-state index contributed by atoms with van der Waals surface area (Å²) in [6.07, 6.45) is 0.